The molecule has 1 aliphatic rings. The molecule has 0 amide bonds. The molecule has 1 aromatic rings. The van der Waals surface area contributed by atoms with Crippen LogP contribution < -0.4 is 0 Å². The third-order valence-corrected chi connectivity index (χ3v) is 3.26. The first-order chi connectivity index (χ1) is 5.38. The second kappa shape index (κ2) is 3.15. The largest absolute Gasteiger partial charge is 0.305 e. The Kier molecular flexibility index (Phi) is 2.18. The van der Waals surface area contributed by atoms with E-state index in [0.29, 0.717) is 0 Å². The molecule has 0 aliphatic carbocycles. The average molecular weight is 234 g/mol. The number of aromatic nitrogens is 3. The third-order valence-electron chi connectivity index (χ3n) is 1.71. The SMILES string of the molecule is Brc1nnc2n1CCSCC2. The average Bonchev–Trinajstić information content (AvgIpc) is 2.25. The maximum atomic E-state index is 4.07. The second-order valence-corrected chi connectivity index (χ2v) is 4.33. The van der Waals surface area contributed by atoms with Gasteiger partial charge in [-0.05, 0) is 15.9 Å². The van der Waals surface area contributed by atoms with E-state index in [1.54, 1.807) is 0 Å². The zero-order valence-corrected chi connectivity index (χ0v) is 8.36. The van der Waals surface area contributed by atoms with E-state index in [2.05, 4.69) is 30.7 Å². The first-order valence-electron chi connectivity index (χ1n) is 3.53. The topological polar surface area (TPSA) is 30.7 Å². The minimum absolute atomic E-state index is 0.870. The van der Waals surface area contributed by atoms with Crippen molar-refractivity contribution < 1.29 is 0 Å². The Bertz CT molecular complexity index is 260. The normalized spacial score (nSPS) is 17.5. The van der Waals surface area contributed by atoms with Crippen molar-refractivity contribution in [2.45, 2.75) is 13.0 Å². The van der Waals surface area contributed by atoms with Crippen LogP contribution in [0.2, 0.25) is 0 Å². The monoisotopic (exact) mass is 233 g/mol. The minimum Gasteiger partial charge on any atom is -0.305 e. The molecule has 60 valence electrons. The van der Waals surface area contributed by atoms with Gasteiger partial charge in [0.1, 0.15) is 5.82 Å². The van der Waals surface area contributed by atoms with Crippen molar-refractivity contribution in [3.05, 3.63) is 10.6 Å². The van der Waals surface area contributed by atoms with E-state index in [4.69, 9.17) is 0 Å². The quantitative estimate of drug-likeness (QED) is 0.678. The van der Waals surface area contributed by atoms with Crippen LogP contribution in [0.25, 0.3) is 0 Å². The van der Waals surface area contributed by atoms with Gasteiger partial charge in [-0.2, -0.15) is 11.8 Å². The molecule has 0 saturated carbocycles. The Hall–Kier alpha value is -0.0300. The molecule has 0 spiro atoms. The van der Waals surface area contributed by atoms with Crippen molar-refractivity contribution in [2.75, 3.05) is 11.5 Å². The van der Waals surface area contributed by atoms with Gasteiger partial charge in [0, 0.05) is 24.5 Å². The number of thioether (sulfide) groups is 1. The molecule has 2 heterocycles. The highest BCUT2D eigenvalue weighted by atomic mass is 79.9. The van der Waals surface area contributed by atoms with Gasteiger partial charge in [0.2, 0.25) is 0 Å². The molecule has 0 saturated heterocycles. The fraction of sp³-hybridized carbons (Fsp3) is 0.667. The lowest BCUT2D eigenvalue weighted by atomic mass is 10.4. The van der Waals surface area contributed by atoms with Crippen molar-refractivity contribution in [2.24, 2.45) is 0 Å². The smallest absolute Gasteiger partial charge is 0.200 e. The summed E-state index contributed by atoms with van der Waals surface area (Å²) < 4.78 is 3.01. The lowest BCUT2D eigenvalue weighted by molar-refractivity contribution is 0.710. The molecule has 11 heavy (non-hydrogen) atoms. The van der Waals surface area contributed by atoms with E-state index >= 15 is 0 Å². The fourth-order valence-electron chi connectivity index (χ4n) is 1.14. The molecular formula is C6H8BrN3S. The number of aryl methyl sites for hydroxylation is 1. The zero-order chi connectivity index (χ0) is 7.68. The number of hydrogen-bond acceptors (Lipinski definition) is 3. The van der Waals surface area contributed by atoms with Crippen LogP contribution in [-0.4, -0.2) is 26.3 Å². The maximum Gasteiger partial charge on any atom is 0.200 e. The molecule has 5 heteroatoms. The maximum absolute atomic E-state index is 4.07. The van der Waals surface area contributed by atoms with E-state index in [-0.39, 0.29) is 0 Å². The van der Waals surface area contributed by atoms with Crippen molar-refractivity contribution in [1.82, 2.24) is 14.8 Å². The van der Waals surface area contributed by atoms with Crippen molar-refractivity contribution >= 4 is 27.7 Å². The summed E-state index contributed by atoms with van der Waals surface area (Å²) in [4.78, 5) is 0. The Morgan fingerprint density at radius 1 is 1.36 bits per heavy atom. The summed E-state index contributed by atoms with van der Waals surface area (Å²) >= 11 is 5.34. The van der Waals surface area contributed by atoms with Crippen LogP contribution >= 0.6 is 27.7 Å². The molecule has 0 unspecified atom stereocenters. The van der Waals surface area contributed by atoms with Crippen LogP contribution in [0.15, 0.2) is 4.73 Å². The molecule has 0 aromatic carbocycles. The molecule has 0 atom stereocenters. The van der Waals surface area contributed by atoms with Crippen LogP contribution in [0.3, 0.4) is 0 Å². The van der Waals surface area contributed by atoms with Crippen LogP contribution in [0.1, 0.15) is 5.82 Å². The molecule has 1 aliphatic heterocycles. The predicted octanol–water partition coefficient (Wildman–Crippen LogP) is 1.33. The molecule has 0 bridgehead atoms. The lowest BCUT2D eigenvalue weighted by Crippen LogP contribution is -2.02. The number of hydrogen-bond donors (Lipinski definition) is 0. The van der Waals surface area contributed by atoms with Gasteiger partial charge in [-0.25, -0.2) is 0 Å². The van der Waals surface area contributed by atoms with Crippen molar-refractivity contribution in [1.29, 1.82) is 0 Å². The highest BCUT2D eigenvalue weighted by Crippen LogP contribution is 2.16. The van der Waals surface area contributed by atoms with Crippen LogP contribution in [-0.2, 0) is 13.0 Å². The van der Waals surface area contributed by atoms with Crippen LogP contribution in [0.5, 0.6) is 0 Å². The van der Waals surface area contributed by atoms with Gasteiger partial charge in [-0.15, -0.1) is 10.2 Å². The standard InChI is InChI=1S/C6H8BrN3S/c7-6-9-8-5-1-3-11-4-2-10(5)6/h1-4H2. The van der Waals surface area contributed by atoms with Crippen LogP contribution in [0, 0.1) is 0 Å². The molecular weight excluding hydrogens is 226 g/mol. The highest BCUT2D eigenvalue weighted by molar-refractivity contribution is 9.10. The first-order valence-corrected chi connectivity index (χ1v) is 5.48. The number of halogens is 1. The molecule has 1 aromatic heterocycles. The Morgan fingerprint density at radius 2 is 2.27 bits per heavy atom. The summed E-state index contributed by atoms with van der Waals surface area (Å²) in [5.74, 6) is 3.45. The lowest BCUT2D eigenvalue weighted by Gasteiger charge is -1.99. The zero-order valence-electron chi connectivity index (χ0n) is 5.96. The van der Waals surface area contributed by atoms with Gasteiger partial charge < -0.3 is 4.57 Å². The number of nitrogens with zero attached hydrogens (tertiary/aromatic N) is 3. The summed E-state index contributed by atoms with van der Waals surface area (Å²) in [6, 6.07) is 0. The summed E-state index contributed by atoms with van der Waals surface area (Å²) in [6.07, 6.45) is 1.04. The summed E-state index contributed by atoms with van der Waals surface area (Å²) in [5, 5.41) is 8.03. The molecule has 3 nitrogen and oxygen atoms in total. The third kappa shape index (κ3) is 1.44. The van der Waals surface area contributed by atoms with E-state index in [9.17, 15) is 0 Å². The van der Waals surface area contributed by atoms with Gasteiger partial charge in [-0.1, -0.05) is 0 Å². The molecule has 0 fully saturated rings. The van der Waals surface area contributed by atoms with E-state index < -0.39 is 0 Å². The molecule has 2 rings (SSSR count). The Morgan fingerprint density at radius 3 is 3.18 bits per heavy atom. The number of rotatable bonds is 0. The predicted molar refractivity (Wildman–Crippen MR) is 48.8 cm³/mol. The van der Waals surface area contributed by atoms with Crippen molar-refractivity contribution in [3.8, 4) is 0 Å². The van der Waals surface area contributed by atoms with E-state index in [1.165, 1.54) is 11.5 Å². The Balaban J connectivity index is 2.35. The minimum atomic E-state index is 0.870. The van der Waals surface area contributed by atoms with Gasteiger partial charge in [0.25, 0.3) is 0 Å². The molecule has 0 radical (unpaired) electrons. The van der Waals surface area contributed by atoms with Gasteiger partial charge >= 0.3 is 0 Å². The van der Waals surface area contributed by atoms with Gasteiger partial charge in [-0.3, -0.25) is 0 Å². The van der Waals surface area contributed by atoms with Crippen molar-refractivity contribution in [3.63, 3.8) is 0 Å². The van der Waals surface area contributed by atoms with E-state index in [1.807, 2.05) is 11.8 Å². The summed E-state index contributed by atoms with van der Waals surface area (Å²) in [6.45, 7) is 1.04. The van der Waals surface area contributed by atoms with Gasteiger partial charge in [0.05, 0.1) is 0 Å². The number of fused-ring (bicyclic) bond motifs is 1. The highest BCUT2D eigenvalue weighted by Gasteiger charge is 2.11. The second-order valence-electron chi connectivity index (χ2n) is 2.40. The van der Waals surface area contributed by atoms with E-state index in [0.717, 1.165) is 23.5 Å². The van der Waals surface area contributed by atoms with Gasteiger partial charge in [0.15, 0.2) is 4.73 Å². The summed E-state index contributed by atoms with van der Waals surface area (Å²) in [5.41, 5.74) is 0. The summed E-state index contributed by atoms with van der Waals surface area (Å²) in [7, 11) is 0. The molecule has 0 N–H and O–H groups in total. The first kappa shape index (κ1) is 7.61. The fourth-order valence-corrected chi connectivity index (χ4v) is 2.45. The Labute approximate surface area is 77.7 Å². The van der Waals surface area contributed by atoms with Crippen LogP contribution in [0.4, 0.5) is 0 Å².